The Balaban J connectivity index is 1.99. The van der Waals surface area contributed by atoms with Gasteiger partial charge < -0.3 is 9.80 Å². The number of rotatable bonds is 4. The summed E-state index contributed by atoms with van der Waals surface area (Å²) in [6.45, 7) is 11.5. The Morgan fingerprint density at radius 3 is 2.07 bits per heavy atom. The van der Waals surface area contributed by atoms with Crippen LogP contribution in [0.2, 0.25) is 0 Å². The minimum absolute atomic E-state index is 0.122. The van der Waals surface area contributed by atoms with E-state index in [0.717, 1.165) is 5.82 Å². The van der Waals surface area contributed by atoms with Crippen LogP contribution in [0.3, 0.4) is 0 Å². The average molecular weight is 389 g/mol. The molecule has 1 saturated heterocycles. The van der Waals surface area contributed by atoms with Gasteiger partial charge in [-0.25, -0.2) is 0 Å². The summed E-state index contributed by atoms with van der Waals surface area (Å²) in [5, 5.41) is 4.49. The molecule has 0 bridgehead atoms. The van der Waals surface area contributed by atoms with Gasteiger partial charge in [-0.3, -0.25) is 4.68 Å². The Kier molecular flexibility index (Phi) is 5.12. The fourth-order valence-corrected chi connectivity index (χ4v) is 5.18. The summed E-state index contributed by atoms with van der Waals surface area (Å²) in [4.78, 5) is 5.21. The number of hydrogen-bond donors (Lipinski definition) is 0. The van der Waals surface area contributed by atoms with Crippen LogP contribution in [-0.2, 0) is 7.05 Å². The lowest BCUT2D eigenvalue weighted by Crippen LogP contribution is -2.40. The summed E-state index contributed by atoms with van der Waals surface area (Å²) in [5.74, 6) is 1.67. The molecule has 2 heterocycles. The Hall–Kier alpha value is -2.75. The molecule has 1 aliphatic rings. The van der Waals surface area contributed by atoms with E-state index in [9.17, 15) is 0 Å². The van der Waals surface area contributed by atoms with E-state index >= 15 is 0 Å². The zero-order valence-electron chi connectivity index (χ0n) is 18.4. The molecular weight excluding hydrogens is 356 g/mol. The molecule has 2 unspecified atom stereocenters. The maximum atomic E-state index is 4.49. The molecule has 0 spiro atoms. The lowest BCUT2D eigenvalue weighted by atomic mass is 9.96. The van der Waals surface area contributed by atoms with Gasteiger partial charge in [-0.15, -0.1) is 0 Å². The van der Waals surface area contributed by atoms with E-state index in [-0.39, 0.29) is 6.17 Å². The number of benzene rings is 2. The SMILES string of the molecule is Cc1cccc(C)c1C1N(c2ccccc2)C(C(C)C)[C@H](C)N1c1ccnn1C. The Morgan fingerprint density at radius 2 is 1.52 bits per heavy atom. The number of anilines is 2. The largest absolute Gasteiger partial charge is 0.342 e. The van der Waals surface area contributed by atoms with Crippen LogP contribution in [-0.4, -0.2) is 21.9 Å². The van der Waals surface area contributed by atoms with Gasteiger partial charge in [0.15, 0.2) is 0 Å². The van der Waals surface area contributed by atoms with Crippen molar-refractivity contribution >= 4 is 11.5 Å². The molecule has 1 aromatic heterocycles. The maximum Gasteiger partial charge on any atom is 0.130 e. The number of aromatic nitrogens is 2. The molecule has 0 aliphatic carbocycles. The zero-order valence-corrected chi connectivity index (χ0v) is 18.4. The highest BCUT2D eigenvalue weighted by molar-refractivity contribution is 5.61. The van der Waals surface area contributed by atoms with E-state index < -0.39 is 0 Å². The standard InChI is InChI=1S/C25H32N4/c1-17(2)24-20(5)28(22-15-16-26-27(22)6)25(23-18(3)11-10-12-19(23)4)29(24)21-13-8-7-9-14-21/h7-17,20,24-25H,1-6H3/t20-,24?,25?/m0/s1. The fraction of sp³-hybridized carbons (Fsp3) is 0.400. The minimum atomic E-state index is 0.122. The maximum absolute atomic E-state index is 4.49. The first-order chi connectivity index (χ1) is 13.9. The molecule has 4 rings (SSSR count). The van der Waals surface area contributed by atoms with Crippen LogP contribution in [0.15, 0.2) is 60.8 Å². The minimum Gasteiger partial charge on any atom is -0.342 e. The van der Waals surface area contributed by atoms with Crippen molar-refractivity contribution in [3.63, 3.8) is 0 Å². The van der Waals surface area contributed by atoms with Gasteiger partial charge in [0.2, 0.25) is 0 Å². The van der Waals surface area contributed by atoms with Crippen LogP contribution in [0, 0.1) is 19.8 Å². The van der Waals surface area contributed by atoms with Crippen LogP contribution < -0.4 is 9.80 Å². The predicted molar refractivity (Wildman–Crippen MR) is 121 cm³/mol. The van der Waals surface area contributed by atoms with Crippen molar-refractivity contribution in [2.45, 2.75) is 52.9 Å². The number of hydrogen-bond acceptors (Lipinski definition) is 3. The molecule has 3 atom stereocenters. The third-order valence-electron chi connectivity index (χ3n) is 6.38. The van der Waals surface area contributed by atoms with Crippen LogP contribution in [0.4, 0.5) is 11.5 Å². The molecule has 1 fully saturated rings. The van der Waals surface area contributed by atoms with Gasteiger partial charge in [-0.05, 0) is 49.9 Å². The lowest BCUT2D eigenvalue weighted by Gasteiger charge is -2.37. The molecule has 1 aliphatic heterocycles. The first-order valence-corrected chi connectivity index (χ1v) is 10.6. The Morgan fingerprint density at radius 1 is 0.862 bits per heavy atom. The van der Waals surface area contributed by atoms with E-state index in [1.165, 1.54) is 22.4 Å². The van der Waals surface area contributed by atoms with Crippen molar-refractivity contribution in [2.75, 3.05) is 9.80 Å². The van der Waals surface area contributed by atoms with Gasteiger partial charge in [0.1, 0.15) is 12.0 Å². The van der Waals surface area contributed by atoms with Crippen molar-refractivity contribution in [1.29, 1.82) is 0 Å². The molecule has 0 N–H and O–H groups in total. The van der Waals surface area contributed by atoms with Gasteiger partial charge >= 0.3 is 0 Å². The molecule has 4 heteroatoms. The molecule has 29 heavy (non-hydrogen) atoms. The summed E-state index contributed by atoms with van der Waals surface area (Å²) in [6.07, 6.45) is 2.02. The summed E-state index contributed by atoms with van der Waals surface area (Å²) < 4.78 is 2.00. The summed E-state index contributed by atoms with van der Waals surface area (Å²) in [5.41, 5.74) is 5.34. The topological polar surface area (TPSA) is 24.3 Å². The first kappa shape index (κ1) is 19.6. The summed E-state index contributed by atoms with van der Waals surface area (Å²) in [6, 6.07) is 20.4. The van der Waals surface area contributed by atoms with Crippen LogP contribution in [0.5, 0.6) is 0 Å². The van der Waals surface area contributed by atoms with Crippen molar-refractivity contribution in [3.8, 4) is 0 Å². The molecule has 0 saturated carbocycles. The van der Waals surface area contributed by atoms with Gasteiger partial charge in [-0.1, -0.05) is 50.2 Å². The third-order valence-corrected chi connectivity index (χ3v) is 6.38. The van der Waals surface area contributed by atoms with E-state index in [0.29, 0.717) is 18.0 Å². The molecule has 0 amide bonds. The monoisotopic (exact) mass is 388 g/mol. The van der Waals surface area contributed by atoms with Crippen molar-refractivity contribution < 1.29 is 0 Å². The zero-order chi connectivity index (χ0) is 20.7. The van der Waals surface area contributed by atoms with E-state index in [2.05, 4.69) is 104 Å². The van der Waals surface area contributed by atoms with Gasteiger partial charge in [0.25, 0.3) is 0 Å². The summed E-state index contributed by atoms with van der Waals surface area (Å²) in [7, 11) is 2.04. The fourth-order valence-electron chi connectivity index (χ4n) is 5.18. The summed E-state index contributed by atoms with van der Waals surface area (Å²) >= 11 is 0. The highest BCUT2D eigenvalue weighted by Crippen LogP contribution is 2.47. The van der Waals surface area contributed by atoms with Crippen molar-refractivity contribution in [3.05, 3.63) is 77.5 Å². The lowest BCUT2D eigenvalue weighted by molar-refractivity contribution is 0.454. The second kappa shape index (κ2) is 7.58. The predicted octanol–water partition coefficient (Wildman–Crippen LogP) is 5.48. The Labute approximate surface area is 174 Å². The molecule has 3 aromatic rings. The second-order valence-electron chi connectivity index (χ2n) is 8.62. The highest BCUT2D eigenvalue weighted by Gasteiger charge is 2.48. The van der Waals surface area contributed by atoms with E-state index in [1.807, 2.05) is 17.9 Å². The number of para-hydroxylation sites is 1. The smallest absolute Gasteiger partial charge is 0.130 e. The normalized spacial score (nSPS) is 22.0. The molecule has 0 radical (unpaired) electrons. The molecule has 152 valence electrons. The Bertz CT molecular complexity index is 955. The van der Waals surface area contributed by atoms with Crippen LogP contribution in [0.25, 0.3) is 0 Å². The van der Waals surface area contributed by atoms with Crippen molar-refractivity contribution in [2.24, 2.45) is 13.0 Å². The highest BCUT2D eigenvalue weighted by atomic mass is 15.5. The van der Waals surface area contributed by atoms with Crippen molar-refractivity contribution in [1.82, 2.24) is 9.78 Å². The van der Waals surface area contributed by atoms with E-state index in [4.69, 9.17) is 0 Å². The van der Waals surface area contributed by atoms with Crippen LogP contribution >= 0.6 is 0 Å². The third kappa shape index (κ3) is 3.21. The van der Waals surface area contributed by atoms with Gasteiger partial charge in [-0.2, -0.15) is 5.10 Å². The average Bonchev–Trinajstić information content (AvgIpc) is 3.23. The molecule has 4 nitrogen and oxygen atoms in total. The van der Waals surface area contributed by atoms with Crippen LogP contribution in [0.1, 0.15) is 43.6 Å². The quantitative estimate of drug-likeness (QED) is 0.592. The number of nitrogens with zero attached hydrogens (tertiary/aromatic N) is 4. The number of aryl methyl sites for hydroxylation is 3. The second-order valence-corrected chi connectivity index (χ2v) is 8.62. The molecular formula is C25H32N4. The van der Waals surface area contributed by atoms with E-state index in [1.54, 1.807) is 0 Å². The van der Waals surface area contributed by atoms with Gasteiger partial charge in [0.05, 0.1) is 18.3 Å². The molecule has 2 aromatic carbocycles. The first-order valence-electron chi connectivity index (χ1n) is 10.6. The van der Waals surface area contributed by atoms with Gasteiger partial charge in [0, 0.05) is 24.4 Å².